The van der Waals surface area contributed by atoms with Gasteiger partial charge in [0.25, 0.3) is 0 Å². The number of rotatable bonds is 6. The highest BCUT2D eigenvalue weighted by atomic mass is 32.2. The summed E-state index contributed by atoms with van der Waals surface area (Å²) in [6.45, 7) is 7.14. The lowest BCUT2D eigenvalue weighted by Crippen LogP contribution is -2.56. The van der Waals surface area contributed by atoms with E-state index in [0.29, 0.717) is 23.0 Å². The van der Waals surface area contributed by atoms with Gasteiger partial charge in [0.2, 0.25) is 6.79 Å². The molecule has 0 unspecified atom stereocenters. The first-order valence-corrected chi connectivity index (χ1v) is 13.5. The maximum absolute atomic E-state index is 13.8. The van der Waals surface area contributed by atoms with E-state index in [-0.39, 0.29) is 44.2 Å². The highest BCUT2D eigenvalue weighted by Gasteiger charge is 2.54. The normalized spacial score (nSPS) is 16.7. The minimum Gasteiger partial charge on any atom is -0.465 e. The second-order valence-corrected chi connectivity index (χ2v) is 12.0. The zero-order valence-corrected chi connectivity index (χ0v) is 22.1. The van der Waals surface area contributed by atoms with E-state index >= 15 is 0 Å². The van der Waals surface area contributed by atoms with Gasteiger partial charge in [-0.15, -0.1) is 0 Å². The molecule has 4 rings (SSSR count). The summed E-state index contributed by atoms with van der Waals surface area (Å²) in [5.74, 6) is 1.27. The third-order valence-electron chi connectivity index (χ3n) is 6.10. The van der Waals surface area contributed by atoms with Gasteiger partial charge in [-0.25, -0.2) is 13.2 Å². The average molecular weight is 534 g/mol. The third kappa shape index (κ3) is 5.46. The van der Waals surface area contributed by atoms with Gasteiger partial charge in [0, 0.05) is 19.2 Å². The summed E-state index contributed by atoms with van der Waals surface area (Å²) in [6.07, 6.45) is -0.765. The molecule has 2 heterocycles. The van der Waals surface area contributed by atoms with Gasteiger partial charge in [-0.2, -0.15) is 0 Å². The highest BCUT2D eigenvalue weighted by Crippen LogP contribution is 2.39. The van der Waals surface area contributed by atoms with Crippen molar-refractivity contribution in [1.82, 2.24) is 4.90 Å². The number of ether oxygens (including phenoxy) is 5. The molecule has 0 spiro atoms. The predicted octanol–water partition coefficient (Wildman–Crippen LogP) is 4.31. The lowest BCUT2D eigenvalue weighted by molar-refractivity contribution is -0.147. The molecule has 200 valence electrons. The Balaban J connectivity index is 1.54. The Labute approximate surface area is 216 Å². The molecule has 0 saturated carbocycles. The standard InChI is InChI=1S/C26H31NO9S/c1-5-32-23(28)26(12-14-27(15-13-26)24(29)36-25(2,3)4)37(30,31)20-9-6-18(7-10-20)35-19-8-11-21-22(16-19)34-17-33-21/h6-11,16H,5,12-15,17H2,1-4H3. The van der Waals surface area contributed by atoms with Crippen molar-refractivity contribution in [2.24, 2.45) is 0 Å². The van der Waals surface area contributed by atoms with Gasteiger partial charge >= 0.3 is 12.1 Å². The fourth-order valence-corrected chi connectivity index (χ4v) is 6.15. The predicted molar refractivity (Wildman–Crippen MR) is 133 cm³/mol. The first-order chi connectivity index (χ1) is 17.4. The number of hydrogen-bond donors (Lipinski definition) is 0. The number of likely N-dealkylation sites (tertiary alicyclic amines) is 1. The molecule has 2 aliphatic heterocycles. The van der Waals surface area contributed by atoms with Crippen LogP contribution in [0, 0.1) is 0 Å². The van der Waals surface area contributed by atoms with Gasteiger partial charge in [0.1, 0.15) is 17.1 Å². The molecule has 0 aliphatic carbocycles. The van der Waals surface area contributed by atoms with Crippen LogP contribution in [0.2, 0.25) is 0 Å². The molecular weight excluding hydrogens is 502 g/mol. The lowest BCUT2D eigenvalue weighted by atomic mass is 9.96. The third-order valence-corrected chi connectivity index (χ3v) is 8.59. The van der Waals surface area contributed by atoms with Crippen LogP contribution in [0.15, 0.2) is 47.4 Å². The fraction of sp³-hybridized carbons (Fsp3) is 0.462. The summed E-state index contributed by atoms with van der Waals surface area (Å²) in [7, 11) is -4.17. The topological polar surface area (TPSA) is 118 Å². The average Bonchev–Trinajstić information content (AvgIpc) is 3.31. The van der Waals surface area contributed by atoms with E-state index in [1.165, 1.54) is 29.2 Å². The molecule has 0 radical (unpaired) electrons. The molecule has 1 fully saturated rings. The SMILES string of the molecule is CCOC(=O)C1(S(=O)(=O)c2ccc(Oc3ccc4c(c3)OCO4)cc2)CCN(C(=O)OC(C)(C)C)CC1. The van der Waals surface area contributed by atoms with E-state index < -0.39 is 32.2 Å². The van der Waals surface area contributed by atoms with Gasteiger partial charge in [-0.3, -0.25) is 4.79 Å². The molecule has 0 N–H and O–H groups in total. The molecule has 1 saturated heterocycles. The van der Waals surface area contributed by atoms with Crippen molar-refractivity contribution in [3.8, 4) is 23.0 Å². The summed E-state index contributed by atoms with van der Waals surface area (Å²) in [6, 6.07) is 11.0. The van der Waals surface area contributed by atoms with Gasteiger partial charge < -0.3 is 28.6 Å². The van der Waals surface area contributed by atoms with Gasteiger partial charge in [0.15, 0.2) is 26.1 Å². The number of fused-ring (bicyclic) bond motifs is 1. The first-order valence-electron chi connectivity index (χ1n) is 12.0. The number of hydrogen-bond acceptors (Lipinski definition) is 9. The van der Waals surface area contributed by atoms with E-state index in [0.717, 1.165) is 0 Å². The van der Waals surface area contributed by atoms with Crippen molar-refractivity contribution in [3.05, 3.63) is 42.5 Å². The maximum Gasteiger partial charge on any atom is 0.410 e. The van der Waals surface area contributed by atoms with E-state index in [9.17, 15) is 18.0 Å². The number of piperidine rings is 1. The molecule has 37 heavy (non-hydrogen) atoms. The molecule has 0 aromatic heterocycles. The van der Waals surface area contributed by atoms with Crippen LogP contribution in [0.4, 0.5) is 4.79 Å². The molecule has 10 nitrogen and oxygen atoms in total. The number of sulfone groups is 1. The van der Waals surface area contributed by atoms with E-state index in [1.54, 1.807) is 45.9 Å². The number of carbonyl (C=O) groups is 2. The lowest BCUT2D eigenvalue weighted by Gasteiger charge is -2.39. The smallest absolute Gasteiger partial charge is 0.410 e. The van der Waals surface area contributed by atoms with Crippen LogP contribution in [0.1, 0.15) is 40.5 Å². The number of benzene rings is 2. The molecular formula is C26H31NO9S. The van der Waals surface area contributed by atoms with E-state index in [4.69, 9.17) is 23.7 Å². The number of esters is 1. The monoisotopic (exact) mass is 533 g/mol. The molecule has 0 atom stereocenters. The van der Waals surface area contributed by atoms with Crippen molar-refractivity contribution in [2.75, 3.05) is 26.5 Å². The second-order valence-electron chi connectivity index (χ2n) is 9.77. The van der Waals surface area contributed by atoms with Crippen molar-refractivity contribution < 1.29 is 41.7 Å². The van der Waals surface area contributed by atoms with Crippen LogP contribution in [0.25, 0.3) is 0 Å². The van der Waals surface area contributed by atoms with Crippen LogP contribution in [0.5, 0.6) is 23.0 Å². The maximum atomic E-state index is 13.8. The Kier molecular flexibility index (Phi) is 7.27. The largest absolute Gasteiger partial charge is 0.465 e. The van der Waals surface area contributed by atoms with E-state index in [1.807, 2.05) is 0 Å². The minimum atomic E-state index is -4.17. The van der Waals surface area contributed by atoms with Crippen molar-refractivity contribution in [1.29, 1.82) is 0 Å². The molecule has 2 aliphatic rings. The molecule has 2 aromatic carbocycles. The summed E-state index contributed by atoms with van der Waals surface area (Å²) in [4.78, 5) is 26.9. The number of carbonyl (C=O) groups excluding carboxylic acids is 2. The summed E-state index contributed by atoms with van der Waals surface area (Å²) in [5, 5.41) is 0. The van der Waals surface area contributed by atoms with Crippen LogP contribution in [-0.2, 0) is 24.1 Å². The second kappa shape index (κ2) is 10.1. The summed E-state index contributed by atoms with van der Waals surface area (Å²) in [5.41, 5.74) is -0.691. The number of nitrogens with zero attached hydrogens (tertiary/aromatic N) is 1. The summed E-state index contributed by atoms with van der Waals surface area (Å²) >= 11 is 0. The fourth-order valence-electron chi connectivity index (χ4n) is 4.21. The van der Waals surface area contributed by atoms with Gasteiger partial charge in [0.05, 0.1) is 11.5 Å². The number of amides is 1. The molecule has 0 bridgehead atoms. The van der Waals surface area contributed by atoms with Gasteiger partial charge in [-0.05, 0) is 76.9 Å². The van der Waals surface area contributed by atoms with Crippen molar-refractivity contribution in [2.45, 2.75) is 55.8 Å². The first kappa shape index (κ1) is 26.6. The zero-order chi connectivity index (χ0) is 26.8. The van der Waals surface area contributed by atoms with Crippen LogP contribution in [-0.4, -0.2) is 62.2 Å². The Hall–Kier alpha value is -3.47. The van der Waals surface area contributed by atoms with Crippen LogP contribution in [0.3, 0.4) is 0 Å². The minimum absolute atomic E-state index is 0.0359. The van der Waals surface area contributed by atoms with Crippen molar-refractivity contribution >= 4 is 21.9 Å². The Bertz CT molecular complexity index is 1260. The van der Waals surface area contributed by atoms with E-state index in [2.05, 4.69) is 0 Å². The Morgan fingerprint density at radius 3 is 2.22 bits per heavy atom. The van der Waals surface area contributed by atoms with Crippen LogP contribution < -0.4 is 14.2 Å². The molecule has 1 amide bonds. The summed E-state index contributed by atoms with van der Waals surface area (Å²) < 4.78 is 52.9. The zero-order valence-electron chi connectivity index (χ0n) is 21.3. The van der Waals surface area contributed by atoms with Gasteiger partial charge in [-0.1, -0.05) is 0 Å². The van der Waals surface area contributed by atoms with Crippen molar-refractivity contribution in [3.63, 3.8) is 0 Å². The molecule has 2 aromatic rings. The Morgan fingerprint density at radius 2 is 1.59 bits per heavy atom. The molecule has 11 heteroatoms. The highest BCUT2D eigenvalue weighted by molar-refractivity contribution is 7.93. The Morgan fingerprint density at radius 1 is 0.973 bits per heavy atom. The quantitative estimate of drug-likeness (QED) is 0.501. The van der Waals surface area contributed by atoms with Crippen LogP contribution >= 0.6 is 0 Å².